The lowest BCUT2D eigenvalue weighted by Gasteiger charge is -2.29. The van der Waals surface area contributed by atoms with Crippen LogP contribution in [0.5, 0.6) is 0 Å². The van der Waals surface area contributed by atoms with Gasteiger partial charge in [-0.2, -0.15) is 11.3 Å². The standard InChI is InChI=1S/C15H23N3OS/c1-17(13-4-2-3-5-13)7-8-18-14(19)10-16-15(18)12-6-9-20-11-12/h6,9,11,13,15-16H,2-5,7-8,10H2,1H3. The third kappa shape index (κ3) is 2.90. The van der Waals surface area contributed by atoms with Crippen LogP contribution in [0.4, 0.5) is 0 Å². The summed E-state index contributed by atoms with van der Waals surface area (Å²) in [5, 5.41) is 7.52. The highest BCUT2D eigenvalue weighted by Gasteiger charge is 2.32. The highest BCUT2D eigenvalue weighted by atomic mass is 32.1. The number of nitrogens with one attached hydrogen (secondary N) is 1. The maximum Gasteiger partial charge on any atom is 0.238 e. The molecule has 2 fully saturated rings. The van der Waals surface area contributed by atoms with Gasteiger partial charge in [-0.3, -0.25) is 10.1 Å². The van der Waals surface area contributed by atoms with E-state index in [1.807, 2.05) is 4.90 Å². The normalized spacial score (nSPS) is 24.2. The Hall–Kier alpha value is -0.910. The quantitative estimate of drug-likeness (QED) is 0.902. The molecular weight excluding hydrogens is 270 g/mol. The fourth-order valence-electron chi connectivity index (χ4n) is 3.31. The number of hydrogen-bond donors (Lipinski definition) is 1. The molecule has 1 aliphatic heterocycles. The van der Waals surface area contributed by atoms with Gasteiger partial charge in [0.2, 0.25) is 5.91 Å². The van der Waals surface area contributed by atoms with Crippen LogP contribution in [-0.4, -0.2) is 48.4 Å². The van der Waals surface area contributed by atoms with Crippen LogP contribution in [-0.2, 0) is 4.79 Å². The molecule has 0 spiro atoms. The smallest absolute Gasteiger partial charge is 0.238 e. The number of thiophene rings is 1. The Kier molecular flexibility index (Phi) is 4.38. The van der Waals surface area contributed by atoms with E-state index in [0.717, 1.165) is 19.1 Å². The van der Waals surface area contributed by atoms with Crippen molar-refractivity contribution in [3.8, 4) is 0 Å². The number of carbonyl (C=O) groups is 1. The van der Waals surface area contributed by atoms with Crippen molar-refractivity contribution < 1.29 is 4.79 Å². The molecule has 1 unspecified atom stereocenters. The lowest BCUT2D eigenvalue weighted by Crippen LogP contribution is -2.39. The Morgan fingerprint density at radius 3 is 2.95 bits per heavy atom. The van der Waals surface area contributed by atoms with Crippen LogP contribution < -0.4 is 5.32 Å². The van der Waals surface area contributed by atoms with Crippen LogP contribution in [0.3, 0.4) is 0 Å². The highest BCUT2D eigenvalue weighted by Crippen LogP contribution is 2.25. The number of likely N-dealkylation sites (N-methyl/N-ethyl adjacent to an activating group) is 1. The van der Waals surface area contributed by atoms with E-state index in [2.05, 4.69) is 34.1 Å². The molecule has 2 aliphatic rings. The van der Waals surface area contributed by atoms with Crippen molar-refractivity contribution in [1.29, 1.82) is 0 Å². The molecule has 4 nitrogen and oxygen atoms in total. The van der Waals surface area contributed by atoms with E-state index in [4.69, 9.17) is 0 Å². The van der Waals surface area contributed by atoms with Crippen molar-refractivity contribution in [2.75, 3.05) is 26.7 Å². The van der Waals surface area contributed by atoms with Crippen LogP contribution in [0.25, 0.3) is 0 Å². The number of hydrogen-bond acceptors (Lipinski definition) is 4. The topological polar surface area (TPSA) is 35.6 Å². The van der Waals surface area contributed by atoms with E-state index in [-0.39, 0.29) is 12.1 Å². The summed E-state index contributed by atoms with van der Waals surface area (Å²) in [5.74, 6) is 0.223. The van der Waals surface area contributed by atoms with E-state index in [9.17, 15) is 4.79 Å². The van der Waals surface area contributed by atoms with Gasteiger partial charge in [-0.25, -0.2) is 0 Å². The molecule has 0 aromatic carbocycles. The SMILES string of the molecule is CN(CCN1C(=O)CNC1c1ccsc1)C1CCCC1. The molecule has 1 atom stereocenters. The fourth-order valence-corrected chi connectivity index (χ4v) is 3.99. The lowest BCUT2D eigenvalue weighted by atomic mass is 10.2. The lowest BCUT2D eigenvalue weighted by molar-refractivity contribution is -0.128. The van der Waals surface area contributed by atoms with Crippen molar-refractivity contribution in [1.82, 2.24) is 15.1 Å². The zero-order chi connectivity index (χ0) is 13.9. The second-order valence-electron chi connectivity index (χ2n) is 5.85. The van der Waals surface area contributed by atoms with Crippen molar-refractivity contribution in [3.63, 3.8) is 0 Å². The van der Waals surface area contributed by atoms with Crippen molar-refractivity contribution in [3.05, 3.63) is 22.4 Å². The molecule has 110 valence electrons. The molecule has 5 heteroatoms. The minimum atomic E-state index is 0.0747. The van der Waals surface area contributed by atoms with E-state index in [1.54, 1.807) is 11.3 Å². The van der Waals surface area contributed by atoms with Gasteiger partial charge in [0, 0.05) is 19.1 Å². The Morgan fingerprint density at radius 2 is 2.25 bits per heavy atom. The molecule has 1 N–H and O–H groups in total. The fraction of sp³-hybridized carbons (Fsp3) is 0.667. The summed E-state index contributed by atoms with van der Waals surface area (Å²) in [6, 6.07) is 2.83. The average Bonchev–Trinajstić information content (AvgIpc) is 3.18. The highest BCUT2D eigenvalue weighted by molar-refractivity contribution is 7.07. The van der Waals surface area contributed by atoms with E-state index >= 15 is 0 Å². The molecule has 1 amide bonds. The monoisotopic (exact) mass is 293 g/mol. The Labute approximate surface area is 124 Å². The Morgan fingerprint density at radius 1 is 1.45 bits per heavy atom. The molecule has 1 aliphatic carbocycles. The molecular formula is C15H23N3OS. The number of carbonyl (C=O) groups excluding carboxylic acids is 1. The molecule has 0 radical (unpaired) electrons. The minimum absolute atomic E-state index is 0.0747. The second-order valence-corrected chi connectivity index (χ2v) is 6.63. The second kappa shape index (κ2) is 6.24. The first-order valence-corrected chi connectivity index (χ1v) is 8.45. The number of rotatable bonds is 5. The van der Waals surface area contributed by atoms with Gasteiger partial charge in [0.1, 0.15) is 6.17 Å². The van der Waals surface area contributed by atoms with Crippen LogP contribution in [0.15, 0.2) is 16.8 Å². The van der Waals surface area contributed by atoms with Gasteiger partial charge in [-0.15, -0.1) is 0 Å². The predicted molar refractivity (Wildman–Crippen MR) is 81.7 cm³/mol. The first-order valence-electron chi connectivity index (χ1n) is 7.51. The summed E-state index contributed by atoms with van der Waals surface area (Å²) in [6.45, 7) is 2.26. The van der Waals surface area contributed by atoms with Crippen molar-refractivity contribution in [2.24, 2.45) is 0 Å². The van der Waals surface area contributed by atoms with Gasteiger partial charge in [0.25, 0.3) is 0 Å². The largest absolute Gasteiger partial charge is 0.321 e. The van der Waals surface area contributed by atoms with Crippen LogP contribution in [0.2, 0.25) is 0 Å². The molecule has 0 bridgehead atoms. The molecule has 1 aromatic rings. The molecule has 1 saturated heterocycles. The van der Waals surface area contributed by atoms with E-state index < -0.39 is 0 Å². The zero-order valence-electron chi connectivity index (χ0n) is 12.0. The van der Waals surface area contributed by atoms with E-state index in [0.29, 0.717) is 6.54 Å². The van der Waals surface area contributed by atoms with Gasteiger partial charge < -0.3 is 9.80 Å². The summed E-state index contributed by atoms with van der Waals surface area (Å²) in [5.41, 5.74) is 1.21. The molecule has 3 rings (SSSR count). The maximum atomic E-state index is 12.1. The summed E-state index contributed by atoms with van der Waals surface area (Å²) < 4.78 is 0. The van der Waals surface area contributed by atoms with Crippen LogP contribution >= 0.6 is 11.3 Å². The van der Waals surface area contributed by atoms with Crippen molar-refractivity contribution in [2.45, 2.75) is 37.9 Å². The van der Waals surface area contributed by atoms with Gasteiger partial charge >= 0.3 is 0 Å². The summed E-state index contributed by atoms with van der Waals surface area (Å²) in [6.07, 6.45) is 5.42. The molecule has 1 aromatic heterocycles. The maximum absolute atomic E-state index is 12.1. The summed E-state index contributed by atoms with van der Waals surface area (Å²) in [7, 11) is 2.20. The number of nitrogens with zero attached hydrogens (tertiary/aromatic N) is 2. The minimum Gasteiger partial charge on any atom is -0.321 e. The number of amides is 1. The van der Waals surface area contributed by atoms with Gasteiger partial charge in [0.05, 0.1) is 6.54 Å². The molecule has 2 heterocycles. The molecule has 1 saturated carbocycles. The third-order valence-corrected chi connectivity index (χ3v) is 5.28. The average molecular weight is 293 g/mol. The Balaban J connectivity index is 1.58. The first-order chi connectivity index (χ1) is 9.75. The van der Waals surface area contributed by atoms with Crippen LogP contribution in [0, 0.1) is 0 Å². The first kappa shape index (κ1) is 14.0. The van der Waals surface area contributed by atoms with Gasteiger partial charge in [0.15, 0.2) is 0 Å². The Bertz CT molecular complexity index is 442. The third-order valence-electron chi connectivity index (χ3n) is 4.58. The molecule has 20 heavy (non-hydrogen) atoms. The van der Waals surface area contributed by atoms with E-state index in [1.165, 1.54) is 31.2 Å². The van der Waals surface area contributed by atoms with Gasteiger partial charge in [-0.1, -0.05) is 12.8 Å². The van der Waals surface area contributed by atoms with Gasteiger partial charge in [-0.05, 0) is 42.3 Å². The summed E-state index contributed by atoms with van der Waals surface area (Å²) in [4.78, 5) is 16.5. The predicted octanol–water partition coefficient (Wildman–Crippen LogP) is 2.05. The summed E-state index contributed by atoms with van der Waals surface area (Å²) >= 11 is 1.69. The van der Waals surface area contributed by atoms with Crippen LogP contribution in [0.1, 0.15) is 37.4 Å². The van der Waals surface area contributed by atoms with Crippen molar-refractivity contribution >= 4 is 17.2 Å². The zero-order valence-corrected chi connectivity index (χ0v) is 12.9.